The summed E-state index contributed by atoms with van der Waals surface area (Å²) in [6, 6.07) is 9.73. The quantitative estimate of drug-likeness (QED) is 0.608. The second kappa shape index (κ2) is 4.51. The molecule has 0 bridgehead atoms. The van der Waals surface area contributed by atoms with Gasteiger partial charge in [0.25, 0.3) is 0 Å². The zero-order valence-electron chi connectivity index (χ0n) is 9.56. The van der Waals surface area contributed by atoms with Crippen molar-refractivity contribution in [2.24, 2.45) is 0 Å². The highest BCUT2D eigenvalue weighted by Crippen LogP contribution is 2.23. The van der Waals surface area contributed by atoms with Crippen molar-refractivity contribution in [1.29, 1.82) is 0 Å². The first kappa shape index (κ1) is 11.9. The first-order chi connectivity index (χ1) is 8.65. The zero-order chi connectivity index (χ0) is 12.7. The van der Waals surface area contributed by atoms with Gasteiger partial charge in [-0.15, -0.1) is 0 Å². The van der Waals surface area contributed by atoms with Crippen molar-refractivity contribution in [3.05, 3.63) is 50.8 Å². The highest BCUT2D eigenvalue weighted by Gasteiger charge is 2.08. The highest BCUT2D eigenvalue weighted by atomic mass is 127. The second-order valence-corrected chi connectivity index (χ2v) is 5.62. The summed E-state index contributed by atoms with van der Waals surface area (Å²) >= 11 is 8.14. The lowest BCUT2D eigenvalue weighted by molar-refractivity contribution is 0.896. The van der Waals surface area contributed by atoms with E-state index in [1.54, 1.807) is 0 Å². The van der Waals surface area contributed by atoms with Gasteiger partial charge in [-0.25, -0.2) is 9.50 Å². The average Bonchev–Trinajstić information content (AvgIpc) is 2.73. The maximum absolute atomic E-state index is 5.90. The molecule has 3 aromatic rings. The molecule has 0 radical (unpaired) electrons. The van der Waals surface area contributed by atoms with E-state index in [4.69, 9.17) is 11.6 Å². The van der Waals surface area contributed by atoms with Gasteiger partial charge in [0.15, 0.2) is 5.65 Å². The van der Waals surface area contributed by atoms with E-state index in [0.29, 0.717) is 0 Å². The van der Waals surface area contributed by atoms with Crippen LogP contribution in [0, 0.1) is 10.5 Å². The van der Waals surface area contributed by atoms with Crippen molar-refractivity contribution in [1.82, 2.24) is 14.6 Å². The SMILES string of the molecule is Cc1cc(-c2ccc(Cl)cc2)nc2c(I)cnn12. The fraction of sp³-hybridized carbons (Fsp3) is 0.0769. The molecule has 0 aliphatic carbocycles. The molecule has 1 aromatic carbocycles. The lowest BCUT2D eigenvalue weighted by Crippen LogP contribution is -1.97. The lowest BCUT2D eigenvalue weighted by Gasteiger charge is -2.05. The molecular weight excluding hydrogens is 361 g/mol. The molecule has 0 atom stereocenters. The third-order valence-corrected chi connectivity index (χ3v) is 3.76. The number of nitrogens with zero attached hydrogens (tertiary/aromatic N) is 3. The normalized spacial score (nSPS) is 11.1. The standard InChI is InChI=1S/C13H9ClIN3/c1-8-6-12(9-2-4-10(14)5-3-9)17-13-11(15)7-16-18(8)13/h2-7H,1H3. The van der Waals surface area contributed by atoms with Crippen LogP contribution < -0.4 is 0 Å². The smallest absolute Gasteiger partial charge is 0.169 e. The lowest BCUT2D eigenvalue weighted by atomic mass is 10.1. The number of hydrogen-bond donors (Lipinski definition) is 0. The molecule has 3 nitrogen and oxygen atoms in total. The summed E-state index contributed by atoms with van der Waals surface area (Å²) in [5, 5.41) is 5.02. The van der Waals surface area contributed by atoms with Gasteiger partial charge in [0.2, 0.25) is 0 Å². The molecule has 5 heteroatoms. The van der Waals surface area contributed by atoms with Gasteiger partial charge in [-0.3, -0.25) is 0 Å². The minimum absolute atomic E-state index is 0.732. The van der Waals surface area contributed by atoms with Crippen LogP contribution in [-0.2, 0) is 0 Å². The Kier molecular flexibility index (Phi) is 2.99. The van der Waals surface area contributed by atoms with Crippen LogP contribution in [0.1, 0.15) is 5.69 Å². The predicted octanol–water partition coefficient (Wildman–Crippen LogP) is 3.96. The summed E-state index contributed by atoms with van der Waals surface area (Å²) in [6.45, 7) is 2.02. The first-order valence-corrected chi connectivity index (χ1v) is 6.87. The number of hydrogen-bond acceptors (Lipinski definition) is 2. The van der Waals surface area contributed by atoms with Gasteiger partial charge in [0.1, 0.15) is 0 Å². The third kappa shape index (κ3) is 1.99. The molecule has 0 aliphatic heterocycles. The van der Waals surface area contributed by atoms with Crippen LogP contribution in [0.5, 0.6) is 0 Å². The molecule has 90 valence electrons. The monoisotopic (exact) mass is 369 g/mol. The van der Waals surface area contributed by atoms with Gasteiger partial charge < -0.3 is 0 Å². The van der Waals surface area contributed by atoms with Crippen LogP contribution in [-0.4, -0.2) is 14.6 Å². The number of aryl methyl sites for hydroxylation is 1. The van der Waals surface area contributed by atoms with E-state index in [9.17, 15) is 0 Å². The van der Waals surface area contributed by atoms with Crippen LogP contribution in [0.3, 0.4) is 0 Å². The number of benzene rings is 1. The number of rotatable bonds is 1. The van der Waals surface area contributed by atoms with Crippen LogP contribution in [0.25, 0.3) is 16.9 Å². The molecule has 2 heterocycles. The Bertz CT molecular complexity index is 719. The number of halogens is 2. The van der Waals surface area contributed by atoms with E-state index in [2.05, 4.69) is 32.7 Å². The largest absolute Gasteiger partial charge is 0.227 e. The van der Waals surface area contributed by atoms with E-state index < -0.39 is 0 Å². The molecule has 18 heavy (non-hydrogen) atoms. The Morgan fingerprint density at radius 2 is 1.94 bits per heavy atom. The molecular formula is C13H9ClIN3. The maximum atomic E-state index is 5.90. The van der Waals surface area contributed by atoms with Gasteiger partial charge in [0, 0.05) is 16.3 Å². The number of aromatic nitrogens is 3. The molecule has 0 saturated heterocycles. The fourth-order valence-corrected chi connectivity index (χ4v) is 2.45. The van der Waals surface area contributed by atoms with Crippen molar-refractivity contribution in [2.45, 2.75) is 6.92 Å². The topological polar surface area (TPSA) is 30.2 Å². The molecule has 0 N–H and O–H groups in total. The Balaban J connectivity index is 2.23. The van der Waals surface area contributed by atoms with E-state index >= 15 is 0 Å². The van der Waals surface area contributed by atoms with Crippen molar-refractivity contribution in [3.63, 3.8) is 0 Å². The summed E-state index contributed by atoms with van der Waals surface area (Å²) in [4.78, 5) is 4.65. The van der Waals surface area contributed by atoms with Crippen LogP contribution >= 0.6 is 34.2 Å². The van der Waals surface area contributed by atoms with E-state index in [-0.39, 0.29) is 0 Å². The molecule has 0 fully saturated rings. The Morgan fingerprint density at radius 3 is 2.67 bits per heavy atom. The van der Waals surface area contributed by atoms with Gasteiger partial charge in [-0.1, -0.05) is 23.7 Å². The van der Waals surface area contributed by atoms with Gasteiger partial charge in [0.05, 0.1) is 15.5 Å². The van der Waals surface area contributed by atoms with Crippen molar-refractivity contribution in [2.75, 3.05) is 0 Å². The van der Waals surface area contributed by atoms with Gasteiger partial charge >= 0.3 is 0 Å². The average molecular weight is 370 g/mol. The number of fused-ring (bicyclic) bond motifs is 1. The molecule has 2 aromatic heterocycles. The predicted molar refractivity (Wildman–Crippen MR) is 80.9 cm³/mol. The summed E-state index contributed by atoms with van der Waals surface area (Å²) < 4.78 is 2.90. The minimum Gasteiger partial charge on any atom is -0.227 e. The second-order valence-electron chi connectivity index (χ2n) is 4.02. The first-order valence-electron chi connectivity index (χ1n) is 5.42. The molecule has 0 amide bonds. The van der Waals surface area contributed by atoms with Crippen LogP contribution in [0.15, 0.2) is 36.5 Å². The molecule has 3 rings (SSSR count). The summed E-state index contributed by atoms with van der Waals surface area (Å²) in [7, 11) is 0. The zero-order valence-corrected chi connectivity index (χ0v) is 12.5. The van der Waals surface area contributed by atoms with Gasteiger partial charge in [-0.05, 0) is 47.7 Å². The van der Waals surface area contributed by atoms with Crippen LogP contribution in [0.2, 0.25) is 5.02 Å². The summed E-state index contributed by atoms with van der Waals surface area (Å²) in [5.41, 5.74) is 3.95. The molecule has 0 saturated carbocycles. The van der Waals surface area contributed by atoms with E-state index in [1.807, 2.05) is 48.0 Å². The molecule has 0 aliphatic rings. The van der Waals surface area contributed by atoms with E-state index in [1.165, 1.54) is 0 Å². The highest BCUT2D eigenvalue weighted by molar-refractivity contribution is 14.1. The van der Waals surface area contributed by atoms with Crippen molar-refractivity contribution in [3.8, 4) is 11.3 Å². The van der Waals surface area contributed by atoms with E-state index in [0.717, 1.165) is 31.2 Å². The Hall–Kier alpha value is -1.14. The summed E-state index contributed by atoms with van der Waals surface area (Å²) in [5.74, 6) is 0. The Labute approximate surface area is 123 Å². The van der Waals surface area contributed by atoms with Gasteiger partial charge in [-0.2, -0.15) is 5.10 Å². The third-order valence-electron chi connectivity index (χ3n) is 2.75. The maximum Gasteiger partial charge on any atom is 0.169 e. The minimum atomic E-state index is 0.732. The molecule has 0 unspecified atom stereocenters. The summed E-state index contributed by atoms with van der Waals surface area (Å²) in [6.07, 6.45) is 1.82. The molecule has 0 spiro atoms. The fourth-order valence-electron chi connectivity index (χ4n) is 1.85. The van der Waals surface area contributed by atoms with Crippen molar-refractivity contribution < 1.29 is 0 Å². The Morgan fingerprint density at radius 1 is 1.22 bits per heavy atom. The van der Waals surface area contributed by atoms with Crippen molar-refractivity contribution >= 4 is 39.8 Å². The van der Waals surface area contributed by atoms with Crippen LogP contribution in [0.4, 0.5) is 0 Å².